The van der Waals surface area contributed by atoms with Gasteiger partial charge in [0.15, 0.2) is 34.5 Å². The lowest BCUT2D eigenvalue weighted by molar-refractivity contribution is -0.130. The molecule has 1 fully saturated rings. The van der Waals surface area contributed by atoms with Gasteiger partial charge in [0.05, 0.1) is 48.5 Å². The summed E-state index contributed by atoms with van der Waals surface area (Å²) in [6.45, 7) is 11.8. The summed E-state index contributed by atoms with van der Waals surface area (Å²) >= 11 is 0. The van der Waals surface area contributed by atoms with E-state index >= 15 is 0 Å². The predicted molar refractivity (Wildman–Crippen MR) is 254 cm³/mol. The number of carbonyl (C=O) groups excluding carboxylic acids is 2. The number of piperazine rings is 1. The van der Waals surface area contributed by atoms with Gasteiger partial charge in [-0.2, -0.15) is 0 Å². The third-order valence-electron chi connectivity index (χ3n) is 12.6. The maximum absolute atomic E-state index is 12.9. The van der Waals surface area contributed by atoms with E-state index in [-0.39, 0.29) is 18.4 Å². The number of carbonyl (C=O) groups is 2. The highest BCUT2D eigenvalue weighted by Crippen LogP contribution is 2.42. The largest absolute Gasteiger partial charge is 0.493 e. The Morgan fingerprint density at radius 2 is 1.34 bits per heavy atom. The van der Waals surface area contributed by atoms with Crippen LogP contribution in [0.3, 0.4) is 0 Å². The van der Waals surface area contributed by atoms with Gasteiger partial charge in [-0.05, 0) is 116 Å². The SMILES string of the molecule is COc1cc2c(cc1OC)CC(=O)N(CCCN(C)C[C@H]1Cc3cc(OC)c(OC)cc31)CC2.COc1ccccc1OCC(O)CN1CCN(CC(=O)Nc2c(C)cccc2C)CC1. The lowest BCUT2D eigenvalue weighted by atomic mass is 9.77. The van der Waals surface area contributed by atoms with E-state index in [9.17, 15) is 14.7 Å². The van der Waals surface area contributed by atoms with Crippen molar-refractivity contribution in [1.29, 1.82) is 0 Å². The van der Waals surface area contributed by atoms with E-state index in [4.69, 9.17) is 28.4 Å². The van der Waals surface area contributed by atoms with Crippen LogP contribution in [0.15, 0.2) is 66.7 Å². The first kappa shape index (κ1) is 48.9. The van der Waals surface area contributed by atoms with E-state index in [1.54, 1.807) is 35.5 Å². The van der Waals surface area contributed by atoms with Gasteiger partial charge in [-0.15, -0.1) is 0 Å². The van der Waals surface area contributed by atoms with E-state index in [2.05, 4.69) is 39.2 Å². The summed E-state index contributed by atoms with van der Waals surface area (Å²) < 4.78 is 32.7. The maximum atomic E-state index is 12.9. The molecule has 352 valence electrons. The molecule has 7 rings (SSSR count). The number of nitrogens with zero attached hydrogens (tertiary/aromatic N) is 4. The molecule has 2 N–H and O–H groups in total. The molecule has 1 saturated heterocycles. The molecule has 2 aliphatic heterocycles. The minimum absolute atomic E-state index is 0.0103. The molecule has 2 atom stereocenters. The number of benzene rings is 4. The minimum Gasteiger partial charge on any atom is -0.493 e. The molecule has 0 aromatic heterocycles. The van der Waals surface area contributed by atoms with Gasteiger partial charge in [0.2, 0.25) is 11.8 Å². The average Bonchev–Trinajstić information content (AvgIpc) is 3.45. The summed E-state index contributed by atoms with van der Waals surface area (Å²) in [7, 11) is 10.4. The highest BCUT2D eigenvalue weighted by atomic mass is 16.5. The van der Waals surface area contributed by atoms with Gasteiger partial charge in [-0.25, -0.2) is 0 Å². The smallest absolute Gasteiger partial charge is 0.238 e. The third-order valence-corrected chi connectivity index (χ3v) is 12.6. The number of amides is 2. The van der Waals surface area contributed by atoms with Crippen LogP contribution in [0.5, 0.6) is 34.5 Å². The molecule has 2 heterocycles. The van der Waals surface area contributed by atoms with E-state index in [1.165, 1.54) is 16.7 Å². The van der Waals surface area contributed by atoms with E-state index in [0.717, 1.165) is 111 Å². The highest BCUT2D eigenvalue weighted by molar-refractivity contribution is 5.93. The summed E-state index contributed by atoms with van der Waals surface area (Å²) in [5, 5.41) is 13.4. The summed E-state index contributed by atoms with van der Waals surface area (Å²) in [4.78, 5) is 34.1. The highest BCUT2D eigenvalue weighted by Gasteiger charge is 2.30. The normalized spacial score (nSPS) is 16.5. The Morgan fingerprint density at radius 1 is 0.754 bits per heavy atom. The number of hydrogen-bond acceptors (Lipinski definition) is 12. The Hall–Kier alpha value is -5.54. The van der Waals surface area contributed by atoms with Crippen LogP contribution in [0.25, 0.3) is 0 Å². The van der Waals surface area contributed by atoms with Crippen molar-refractivity contribution in [2.75, 3.05) is 120 Å². The van der Waals surface area contributed by atoms with Gasteiger partial charge in [0.1, 0.15) is 12.7 Å². The predicted octanol–water partition coefficient (Wildman–Crippen LogP) is 5.62. The average molecular weight is 896 g/mol. The number of fused-ring (bicyclic) bond motifs is 2. The molecule has 4 aromatic carbocycles. The van der Waals surface area contributed by atoms with Crippen LogP contribution in [0.2, 0.25) is 0 Å². The first-order chi connectivity index (χ1) is 31.4. The number of para-hydroxylation sites is 3. The zero-order chi connectivity index (χ0) is 46.5. The number of rotatable bonds is 19. The monoisotopic (exact) mass is 896 g/mol. The van der Waals surface area contributed by atoms with E-state index in [0.29, 0.717) is 42.7 Å². The fourth-order valence-electron chi connectivity index (χ4n) is 8.95. The van der Waals surface area contributed by atoms with Crippen LogP contribution in [-0.4, -0.2) is 157 Å². The molecule has 14 heteroatoms. The second kappa shape index (κ2) is 23.6. The zero-order valence-electron chi connectivity index (χ0n) is 39.6. The number of aryl methyl sites for hydroxylation is 2. The third kappa shape index (κ3) is 13.1. The topological polar surface area (TPSA) is 135 Å². The Morgan fingerprint density at radius 3 is 1.98 bits per heavy atom. The van der Waals surface area contributed by atoms with Gasteiger partial charge in [0, 0.05) is 64.0 Å². The molecule has 14 nitrogen and oxygen atoms in total. The Bertz CT molecular complexity index is 2190. The number of methoxy groups -OCH3 is 5. The van der Waals surface area contributed by atoms with Crippen LogP contribution >= 0.6 is 0 Å². The van der Waals surface area contributed by atoms with Crippen molar-refractivity contribution in [2.45, 2.75) is 51.6 Å². The molecule has 65 heavy (non-hydrogen) atoms. The van der Waals surface area contributed by atoms with E-state index in [1.807, 2.05) is 73.3 Å². The summed E-state index contributed by atoms with van der Waals surface area (Å²) in [6.07, 6.45) is 2.67. The molecule has 0 spiro atoms. The summed E-state index contributed by atoms with van der Waals surface area (Å²) in [5.74, 6) is 4.98. The van der Waals surface area contributed by atoms with Crippen LogP contribution in [0.1, 0.15) is 45.7 Å². The van der Waals surface area contributed by atoms with Crippen molar-refractivity contribution in [2.24, 2.45) is 0 Å². The van der Waals surface area contributed by atoms with Crippen molar-refractivity contribution in [3.8, 4) is 34.5 Å². The second-order valence-corrected chi connectivity index (χ2v) is 17.2. The molecule has 2 amide bonds. The number of ether oxygens (including phenoxy) is 6. The number of β-amino-alcohol motifs (C(OH)–C–C–N with tert-alkyl or cyclic N) is 1. The van der Waals surface area contributed by atoms with Crippen molar-refractivity contribution in [3.63, 3.8) is 0 Å². The number of anilines is 1. The Balaban J connectivity index is 0.000000216. The van der Waals surface area contributed by atoms with Gasteiger partial charge in [-0.3, -0.25) is 19.4 Å². The van der Waals surface area contributed by atoms with Crippen molar-refractivity contribution >= 4 is 17.5 Å². The first-order valence-corrected chi connectivity index (χ1v) is 22.6. The van der Waals surface area contributed by atoms with Crippen molar-refractivity contribution in [1.82, 2.24) is 19.6 Å². The minimum atomic E-state index is -0.594. The zero-order valence-corrected chi connectivity index (χ0v) is 39.6. The lowest BCUT2D eigenvalue weighted by Gasteiger charge is -2.35. The Labute approximate surface area is 385 Å². The molecule has 4 aromatic rings. The van der Waals surface area contributed by atoms with Crippen LogP contribution < -0.4 is 33.7 Å². The number of aliphatic hydroxyl groups is 1. The number of likely N-dealkylation sites (N-methyl/N-ethyl adjacent to an activating group) is 1. The number of hydrogen-bond donors (Lipinski definition) is 2. The standard InChI is InChI=1S/C27H36N2O5.C24H33N3O4/c1-28(17-21-11-20-14-25(33-4)26(34-5)16-22(20)21)8-6-9-29-10-7-18-12-23(31-2)24(32-3)13-19(18)15-27(29)30;1-18-7-6-8-19(2)24(18)25-23(29)16-27-13-11-26(12-14-27)15-20(28)17-31-22-10-5-4-9-21(22)30-3/h12-14,16,21H,6-11,15,17H2,1-5H3;4-10,20,28H,11-17H2,1-3H3,(H,25,29)/t21-;/m1./s1. The van der Waals surface area contributed by atoms with Gasteiger partial charge >= 0.3 is 0 Å². The van der Waals surface area contributed by atoms with Gasteiger partial charge in [-0.1, -0.05) is 30.3 Å². The van der Waals surface area contributed by atoms with Gasteiger partial charge < -0.3 is 48.6 Å². The first-order valence-electron chi connectivity index (χ1n) is 22.6. The fraction of sp³-hybridized carbons (Fsp3) is 0.490. The number of nitrogens with one attached hydrogen (secondary N) is 1. The van der Waals surface area contributed by atoms with Crippen LogP contribution in [0.4, 0.5) is 5.69 Å². The molecule has 3 aliphatic rings. The molecular weight excluding hydrogens is 827 g/mol. The van der Waals surface area contributed by atoms with Crippen molar-refractivity contribution in [3.05, 3.63) is 100 Å². The quantitative estimate of drug-likeness (QED) is 0.121. The van der Waals surface area contributed by atoms with Crippen LogP contribution in [0, 0.1) is 13.8 Å². The maximum Gasteiger partial charge on any atom is 0.238 e. The van der Waals surface area contributed by atoms with Crippen molar-refractivity contribution < 1.29 is 43.1 Å². The summed E-state index contributed by atoms with van der Waals surface area (Å²) in [6, 6.07) is 21.6. The summed E-state index contributed by atoms with van der Waals surface area (Å²) in [5.41, 5.74) is 7.96. The van der Waals surface area contributed by atoms with E-state index < -0.39 is 6.10 Å². The Kier molecular flexibility index (Phi) is 17.7. The molecule has 1 unspecified atom stereocenters. The number of aliphatic hydroxyl groups excluding tert-OH is 1. The molecular formula is C51H69N5O9. The fourth-order valence-corrected chi connectivity index (χ4v) is 8.95. The molecule has 0 saturated carbocycles. The molecule has 1 aliphatic carbocycles. The second-order valence-electron chi connectivity index (χ2n) is 17.2. The lowest BCUT2D eigenvalue weighted by Crippen LogP contribution is -2.50. The van der Waals surface area contributed by atoms with Gasteiger partial charge in [0.25, 0.3) is 0 Å². The van der Waals surface area contributed by atoms with Crippen LogP contribution in [-0.2, 0) is 28.9 Å². The molecule has 0 radical (unpaired) electrons. The molecule has 0 bridgehead atoms.